The van der Waals surface area contributed by atoms with Gasteiger partial charge in [-0.25, -0.2) is 9.13 Å². The van der Waals surface area contributed by atoms with Crippen molar-refractivity contribution in [3.05, 3.63) is 0 Å². The Morgan fingerprint density at radius 3 is 0.798 bits per heavy atom. The Morgan fingerprint density at radius 1 is 0.315 bits per heavy atom. The smallest absolute Gasteiger partial charge is 0.462 e. The number of hydrogen-bond acceptors (Lipinski definition) is 15. The topological polar surface area (TPSA) is 237 Å². The van der Waals surface area contributed by atoms with E-state index in [2.05, 4.69) is 55.4 Å². The fourth-order valence-corrected chi connectivity index (χ4v) is 12.0. The van der Waals surface area contributed by atoms with Gasteiger partial charge in [0.15, 0.2) is 12.2 Å². The van der Waals surface area contributed by atoms with Crippen molar-refractivity contribution in [2.24, 2.45) is 23.7 Å². The molecule has 0 radical (unpaired) electrons. The number of ether oxygens (including phenoxy) is 4. The summed E-state index contributed by atoms with van der Waals surface area (Å²) in [4.78, 5) is 72.5. The van der Waals surface area contributed by atoms with E-state index < -0.39 is 97.5 Å². The second-order valence-electron chi connectivity index (χ2n) is 26.9. The number of phosphoric ester groups is 2. The van der Waals surface area contributed by atoms with Gasteiger partial charge >= 0.3 is 39.5 Å². The molecule has 17 nitrogen and oxygen atoms in total. The zero-order valence-corrected chi connectivity index (χ0v) is 59.8. The number of aliphatic hydroxyl groups excluding tert-OH is 1. The van der Waals surface area contributed by atoms with Crippen molar-refractivity contribution in [1.29, 1.82) is 0 Å². The molecule has 0 rings (SSSR count). The van der Waals surface area contributed by atoms with Crippen LogP contribution in [-0.4, -0.2) is 96.7 Å². The highest BCUT2D eigenvalue weighted by molar-refractivity contribution is 7.47. The number of carbonyl (C=O) groups is 4. The fourth-order valence-electron chi connectivity index (χ4n) is 10.5. The summed E-state index contributed by atoms with van der Waals surface area (Å²) in [5, 5.41) is 10.6. The Labute approximate surface area is 543 Å². The van der Waals surface area contributed by atoms with Crippen LogP contribution in [0.2, 0.25) is 0 Å². The first-order chi connectivity index (χ1) is 42.6. The van der Waals surface area contributed by atoms with Gasteiger partial charge in [0.2, 0.25) is 0 Å². The van der Waals surface area contributed by atoms with Crippen LogP contribution in [0.1, 0.15) is 344 Å². The molecule has 528 valence electrons. The van der Waals surface area contributed by atoms with Gasteiger partial charge in [-0.3, -0.25) is 37.3 Å². The number of esters is 4. The van der Waals surface area contributed by atoms with Crippen molar-refractivity contribution < 1.29 is 80.2 Å². The van der Waals surface area contributed by atoms with E-state index >= 15 is 0 Å². The summed E-state index contributed by atoms with van der Waals surface area (Å²) in [6.45, 7) is 14.1. The summed E-state index contributed by atoms with van der Waals surface area (Å²) in [5.41, 5.74) is 0. The van der Waals surface area contributed by atoms with Gasteiger partial charge in [0.25, 0.3) is 0 Å². The molecule has 0 bridgehead atoms. The van der Waals surface area contributed by atoms with Crippen molar-refractivity contribution >= 4 is 39.5 Å². The van der Waals surface area contributed by atoms with Gasteiger partial charge in [0.05, 0.1) is 26.4 Å². The van der Waals surface area contributed by atoms with Gasteiger partial charge in [0, 0.05) is 25.7 Å². The van der Waals surface area contributed by atoms with Crippen molar-refractivity contribution in [1.82, 2.24) is 0 Å². The minimum absolute atomic E-state index is 0.105. The largest absolute Gasteiger partial charge is 0.472 e. The second kappa shape index (κ2) is 59.8. The van der Waals surface area contributed by atoms with Gasteiger partial charge in [0.1, 0.15) is 19.3 Å². The molecule has 6 atom stereocenters. The molecule has 0 aliphatic carbocycles. The summed E-state index contributed by atoms with van der Waals surface area (Å²) in [5.74, 6) is 0.861. The summed E-state index contributed by atoms with van der Waals surface area (Å²) in [7, 11) is -9.90. The maximum atomic E-state index is 13.0. The fraction of sp³-hybridized carbons (Fsp3) is 0.943. The maximum absolute atomic E-state index is 13.0. The molecule has 0 aliphatic rings. The molecule has 0 heterocycles. The first-order valence-corrected chi connectivity index (χ1v) is 39.2. The lowest BCUT2D eigenvalue weighted by Gasteiger charge is -2.21. The number of phosphoric acid groups is 2. The molecule has 0 spiro atoms. The van der Waals surface area contributed by atoms with E-state index in [9.17, 15) is 43.2 Å². The molecule has 0 aromatic rings. The molecule has 19 heteroatoms. The molecular weight excluding hydrogens is 1170 g/mol. The van der Waals surface area contributed by atoms with Crippen molar-refractivity contribution in [3.63, 3.8) is 0 Å². The van der Waals surface area contributed by atoms with Gasteiger partial charge < -0.3 is 33.8 Å². The zero-order chi connectivity index (χ0) is 66.1. The van der Waals surface area contributed by atoms with Gasteiger partial charge in [-0.15, -0.1) is 0 Å². The lowest BCUT2D eigenvalue weighted by atomic mass is 9.99. The second-order valence-corrected chi connectivity index (χ2v) is 29.8. The van der Waals surface area contributed by atoms with Crippen LogP contribution in [0.5, 0.6) is 0 Å². The number of aliphatic hydroxyl groups is 1. The minimum Gasteiger partial charge on any atom is -0.462 e. The predicted molar refractivity (Wildman–Crippen MR) is 358 cm³/mol. The van der Waals surface area contributed by atoms with Crippen molar-refractivity contribution in [3.8, 4) is 0 Å². The third-order valence-electron chi connectivity index (χ3n) is 16.4. The van der Waals surface area contributed by atoms with Crippen LogP contribution in [0, 0.1) is 23.7 Å². The van der Waals surface area contributed by atoms with Crippen LogP contribution in [-0.2, 0) is 65.4 Å². The average molecular weight is 1310 g/mol. The van der Waals surface area contributed by atoms with E-state index in [1.54, 1.807) is 0 Å². The highest BCUT2D eigenvalue weighted by Gasteiger charge is 2.30. The molecule has 3 N–H and O–H groups in total. The monoisotopic (exact) mass is 1310 g/mol. The SMILES string of the molecule is CCC(C)CCCCCCCCCCCCC(=O)O[C@H](COC(=O)CCCCCCCCCCCC(C)C)COP(=O)(O)OC[C@@H](O)COP(=O)(O)OC[C@@H](COC(=O)CCCCCCCCC(C)C)OC(=O)CCCCCCCCCCCCCC(C)C. The summed E-state index contributed by atoms with van der Waals surface area (Å²) >= 11 is 0. The molecule has 0 aliphatic heterocycles. The third-order valence-corrected chi connectivity index (χ3v) is 18.3. The van der Waals surface area contributed by atoms with Crippen LogP contribution in [0.3, 0.4) is 0 Å². The maximum Gasteiger partial charge on any atom is 0.472 e. The molecule has 3 unspecified atom stereocenters. The van der Waals surface area contributed by atoms with E-state index in [4.69, 9.17) is 37.0 Å². The van der Waals surface area contributed by atoms with Crippen LogP contribution < -0.4 is 0 Å². The van der Waals surface area contributed by atoms with Gasteiger partial charge in [-0.1, -0.05) is 293 Å². The van der Waals surface area contributed by atoms with Crippen molar-refractivity contribution in [2.45, 2.75) is 363 Å². The molecular formula is C70H136O17P2. The van der Waals surface area contributed by atoms with Crippen LogP contribution in [0.15, 0.2) is 0 Å². The van der Waals surface area contributed by atoms with E-state index in [0.717, 1.165) is 114 Å². The molecule has 89 heavy (non-hydrogen) atoms. The lowest BCUT2D eigenvalue weighted by molar-refractivity contribution is -0.161. The average Bonchev–Trinajstić information content (AvgIpc) is 3.62. The Bertz CT molecular complexity index is 1770. The third kappa shape index (κ3) is 63.2. The molecule has 0 fully saturated rings. The first kappa shape index (κ1) is 87.1. The van der Waals surface area contributed by atoms with Gasteiger partial charge in [-0.05, 0) is 49.4 Å². The molecule has 0 aromatic heterocycles. The number of unbranched alkanes of at least 4 members (excludes halogenated alkanes) is 32. The minimum atomic E-state index is -4.95. The Kier molecular flexibility index (Phi) is 58.5. The number of hydrogen-bond donors (Lipinski definition) is 3. The first-order valence-electron chi connectivity index (χ1n) is 36.2. The summed E-state index contributed by atoms with van der Waals surface area (Å²) in [6, 6.07) is 0. The Morgan fingerprint density at radius 2 is 0.539 bits per heavy atom. The lowest BCUT2D eigenvalue weighted by Crippen LogP contribution is -2.30. The predicted octanol–water partition coefficient (Wildman–Crippen LogP) is 19.7. The summed E-state index contributed by atoms with van der Waals surface area (Å²) in [6.07, 6.45) is 41.7. The van der Waals surface area contributed by atoms with E-state index in [0.29, 0.717) is 31.6 Å². The van der Waals surface area contributed by atoms with Crippen LogP contribution in [0.4, 0.5) is 0 Å². The van der Waals surface area contributed by atoms with Crippen molar-refractivity contribution in [2.75, 3.05) is 39.6 Å². The number of rotatable bonds is 67. The quantitative estimate of drug-likeness (QED) is 0.0222. The van der Waals surface area contributed by atoms with Gasteiger partial charge in [-0.2, -0.15) is 0 Å². The normalized spacial score (nSPS) is 14.6. The van der Waals surface area contributed by atoms with Crippen LogP contribution >= 0.6 is 15.6 Å². The van der Waals surface area contributed by atoms with E-state index in [-0.39, 0.29) is 25.7 Å². The molecule has 0 aromatic carbocycles. The Hall–Kier alpha value is -1.94. The van der Waals surface area contributed by atoms with Crippen LogP contribution in [0.25, 0.3) is 0 Å². The zero-order valence-electron chi connectivity index (χ0n) is 58.1. The molecule has 0 saturated heterocycles. The number of carbonyl (C=O) groups excluding carboxylic acids is 4. The standard InChI is InChI=1S/C70H136O17P2/c1-9-63(8)49-41-33-24-18-13-14-20-27-37-45-53-70(75)86-65(56-80-67(72)50-42-34-25-21-15-17-23-31-39-47-61(4)5)58-84-88(76,77)82-54-64(71)55-83-89(78,79)85-59-66(57-81-68(73)51-43-35-29-28-32-40-48-62(6)7)87-69(74)52-44-36-26-19-12-10-11-16-22-30-38-46-60(2)3/h60-66,71H,9-59H2,1-8H3,(H,76,77)(H,78,79)/t63?,64-,65-,66-/m1/s1. The highest BCUT2D eigenvalue weighted by atomic mass is 31.2. The molecule has 0 amide bonds. The Balaban J connectivity index is 5.26. The summed E-state index contributed by atoms with van der Waals surface area (Å²) < 4.78 is 68.3. The highest BCUT2D eigenvalue weighted by Crippen LogP contribution is 2.45. The van der Waals surface area contributed by atoms with E-state index in [1.807, 2.05) is 0 Å². The van der Waals surface area contributed by atoms with E-state index in [1.165, 1.54) is 141 Å². The molecule has 0 saturated carbocycles.